The number of rotatable bonds is 6. The molecule has 2 rings (SSSR count). The van der Waals surface area contributed by atoms with Crippen molar-refractivity contribution in [2.75, 3.05) is 13.7 Å². The van der Waals surface area contributed by atoms with E-state index in [2.05, 4.69) is 34.2 Å². The van der Waals surface area contributed by atoms with Crippen LogP contribution in [0, 0.1) is 6.92 Å². The van der Waals surface area contributed by atoms with Gasteiger partial charge in [0.05, 0.1) is 13.5 Å². The van der Waals surface area contributed by atoms with E-state index in [0.717, 1.165) is 27.8 Å². The van der Waals surface area contributed by atoms with Crippen molar-refractivity contribution in [2.45, 2.75) is 19.8 Å². The molecule has 1 amide bonds. The Balaban J connectivity index is 1.84. The smallest absolute Gasteiger partial charge is 0.224 e. The molecule has 2 aromatic rings. The average molecular weight is 362 g/mol. The minimum Gasteiger partial charge on any atom is -0.496 e. The van der Waals surface area contributed by atoms with Gasteiger partial charge in [-0.2, -0.15) is 0 Å². The molecule has 0 spiro atoms. The molecule has 0 radical (unpaired) electrons. The van der Waals surface area contributed by atoms with Gasteiger partial charge < -0.3 is 10.1 Å². The molecule has 0 aromatic heterocycles. The van der Waals surface area contributed by atoms with Crippen LogP contribution in [-0.2, 0) is 17.6 Å². The molecule has 1 N–H and O–H groups in total. The third kappa shape index (κ3) is 4.88. The zero-order chi connectivity index (χ0) is 15.9. The van der Waals surface area contributed by atoms with Crippen LogP contribution in [0.2, 0.25) is 0 Å². The largest absolute Gasteiger partial charge is 0.496 e. The summed E-state index contributed by atoms with van der Waals surface area (Å²) in [6.45, 7) is 2.66. The van der Waals surface area contributed by atoms with Gasteiger partial charge in [-0.1, -0.05) is 45.8 Å². The van der Waals surface area contributed by atoms with Gasteiger partial charge in [0.15, 0.2) is 0 Å². The fourth-order valence-corrected chi connectivity index (χ4v) is 2.55. The second-order valence-electron chi connectivity index (χ2n) is 5.22. The van der Waals surface area contributed by atoms with Crippen molar-refractivity contribution in [2.24, 2.45) is 0 Å². The highest BCUT2D eigenvalue weighted by Crippen LogP contribution is 2.19. The highest BCUT2D eigenvalue weighted by atomic mass is 79.9. The lowest BCUT2D eigenvalue weighted by atomic mass is 10.1. The van der Waals surface area contributed by atoms with Crippen LogP contribution in [0.3, 0.4) is 0 Å². The van der Waals surface area contributed by atoms with Crippen LogP contribution in [0.15, 0.2) is 46.9 Å². The monoisotopic (exact) mass is 361 g/mol. The minimum atomic E-state index is 0.0361. The Morgan fingerprint density at radius 3 is 2.59 bits per heavy atom. The summed E-state index contributed by atoms with van der Waals surface area (Å²) in [5.74, 6) is 0.904. The number of carbonyl (C=O) groups is 1. The second-order valence-corrected chi connectivity index (χ2v) is 6.13. The van der Waals surface area contributed by atoms with Gasteiger partial charge in [0.2, 0.25) is 5.91 Å². The quantitative estimate of drug-likeness (QED) is 0.852. The Kier molecular flexibility index (Phi) is 6.01. The maximum absolute atomic E-state index is 12.0. The lowest BCUT2D eigenvalue weighted by Crippen LogP contribution is -2.27. The van der Waals surface area contributed by atoms with Gasteiger partial charge in [0.1, 0.15) is 5.75 Å². The first-order valence-electron chi connectivity index (χ1n) is 7.23. The van der Waals surface area contributed by atoms with Gasteiger partial charge in [-0.3, -0.25) is 4.79 Å². The molecule has 116 valence electrons. The number of ether oxygens (including phenoxy) is 1. The van der Waals surface area contributed by atoms with Crippen molar-refractivity contribution < 1.29 is 9.53 Å². The van der Waals surface area contributed by atoms with Crippen LogP contribution in [0.25, 0.3) is 0 Å². The van der Waals surface area contributed by atoms with Crippen molar-refractivity contribution >= 4 is 21.8 Å². The number of hydrogen-bond acceptors (Lipinski definition) is 2. The van der Waals surface area contributed by atoms with E-state index in [1.54, 1.807) is 7.11 Å². The summed E-state index contributed by atoms with van der Waals surface area (Å²) < 4.78 is 6.36. The number of halogens is 1. The van der Waals surface area contributed by atoms with Crippen molar-refractivity contribution in [3.8, 4) is 5.75 Å². The van der Waals surface area contributed by atoms with E-state index in [9.17, 15) is 4.79 Å². The lowest BCUT2D eigenvalue weighted by Gasteiger charge is -2.10. The van der Waals surface area contributed by atoms with E-state index in [-0.39, 0.29) is 5.91 Å². The molecule has 4 heteroatoms. The molecule has 3 nitrogen and oxygen atoms in total. The molecule has 0 fully saturated rings. The van der Waals surface area contributed by atoms with Gasteiger partial charge >= 0.3 is 0 Å². The van der Waals surface area contributed by atoms with Crippen molar-refractivity contribution in [3.63, 3.8) is 0 Å². The predicted octanol–water partition coefficient (Wildman–Crippen LogP) is 3.67. The summed E-state index contributed by atoms with van der Waals surface area (Å²) >= 11 is 3.39. The van der Waals surface area contributed by atoms with Crippen LogP contribution in [0.4, 0.5) is 0 Å². The molecule has 0 atom stereocenters. The Morgan fingerprint density at radius 2 is 1.91 bits per heavy atom. The van der Waals surface area contributed by atoms with E-state index in [0.29, 0.717) is 13.0 Å². The zero-order valence-corrected chi connectivity index (χ0v) is 14.4. The van der Waals surface area contributed by atoms with Gasteiger partial charge in [-0.05, 0) is 42.7 Å². The third-order valence-corrected chi connectivity index (χ3v) is 3.96. The number of benzene rings is 2. The SMILES string of the molecule is COc1ccc(C)cc1CCNC(=O)Cc1ccc(Br)cc1. The van der Waals surface area contributed by atoms with Gasteiger partial charge in [-0.15, -0.1) is 0 Å². The maximum atomic E-state index is 12.0. The summed E-state index contributed by atoms with van der Waals surface area (Å²) in [5.41, 5.74) is 3.32. The number of aryl methyl sites for hydroxylation is 1. The van der Waals surface area contributed by atoms with Crippen molar-refractivity contribution in [3.05, 3.63) is 63.6 Å². The van der Waals surface area contributed by atoms with E-state index >= 15 is 0 Å². The molecule has 2 aromatic carbocycles. The molecule has 0 heterocycles. The van der Waals surface area contributed by atoms with E-state index in [4.69, 9.17) is 4.74 Å². The van der Waals surface area contributed by atoms with Crippen LogP contribution in [-0.4, -0.2) is 19.6 Å². The van der Waals surface area contributed by atoms with Crippen LogP contribution in [0.1, 0.15) is 16.7 Å². The van der Waals surface area contributed by atoms with Gasteiger partial charge in [0.25, 0.3) is 0 Å². The molecule has 0 unspecified atom stereocenters. The number of carbonyl (C=O) groups excluding carboxylic acids is 1. The zero-order valence-electron chi connectivity index (χ0n) is 12.9. The highest BCUT2D eigenvalue weighted by molar-refractivity contribution is 9.10. The predicted molar refractivity (Wildman–Crippen MR) is 92.3 cm³/mol. The lowest BCUT2D eigenvalue weighted by molar-refractivity contribution is -0.120. The molecular formula is C18H20BrNO2. The topological polar surface area (TPSA) is 38.3 Å². The fraction of sp³-hybridized carbons (Fsp3) is 0.278. The van der Waals surface area contributed by atoms with Crippen molar-refractivity contribution in [1.29, 1.82) is 0 Å². The Labute approximate surface area is 139 Å². The number of nitrogens with one attached hydrogen (secondary N) is 1. The average Bonchev–Trinajstić information content (AvgIpc) is 2.50. The summed E-state index contributed by atoms with van der Waals surface area (Å²) in [5, 5.41) is 2.96. The molecular weight excluding hydrogens is 342 g/mol. The van der Waals surface area contributed by atoms with E-state index < -0.39 is 0 Å². The Bertz CT molecular complexity index is 638. The molecule has 22 heavy (non-hydrogen) atoms. The van der Waals surface area contributed by atoms with Crippen LogP contribution < -0.4 is 10.1 Å². The third-order valence-electron chi connectivity index (χ3n) is 3.43. The molecule has 0 aliphatic rings. The van der Waals surface area contributed by atoms with Crippen LogP contribution >= 0.6 is 15.9 Å². The standard InChI is InChI=1S/C18H20BrNO2/c1-13-3-8-17(22-2)15(11-13)9-10-20-18(21)12-14-4-6-16(19)7-5-14/h3-8,11H,9-10,12H2,1-2H3,(H,20,21). The summed E-state index contributed by atoms with van der Waals surface area (Å²) in [6.07, 6.45) is 1.16. The van der Waals surface area contributed by atoms with Gasteiger partial charge in [-0.25, -0.2) is 0 Å². The van der Waals surface area contributed by atoms with Gasteiger partial charge in [0, 0.05) is 11.0 Å². The fourth-order valence-electron chi connectivity index (χ4n) is 2.29. The first kappa shape index (κ1) is 16.6. The first-order chi connectivity index (χ1) is 10.6. The van der Waals surface area contributed by atoms with E-state index in [1.165, 1.54) is 5.56 Å². The van der Waals surface area contributed by atoms with Crippen molar-refractivity contribution in [1.82, 2.24) is 5.32 Å². The highest BCUT2D eigenvalue weighted by Gasteiger charge is 2.06. The summed E-state index contributed by atoms with van der Waals surface area (Å²) in [7, 11) is 1.67. The summed E-state index contributed by atoms with van der Waals surface area (Å²) in [4.78, 5) is 12.0. The molecule has 0 saturated carbocycles. The first-order valence-corrected chi connectivity index (χ1v) is 8.02. The Morgan fingerprint density at radius 1 is 1.18 bits per heavy atom. The van der Waals surface area contributed by atoms with Crippen LogP contribution in [0.5, 0.6) is 5.75 Å². The molecule has 0 aliphatic heterocycles. The van der Waals surface area contributed by atoms with E-state index in [1.807, 2.05) is 36.4 Å². The maximum Gasteiger partial charge on any atom is 0.224 e. The number of hydrogen-bond donors (Lipinski definition) is 1. The molecule has 0 bridgehead atoms. The summed E-state index contributed by atoms with van der Waals surface area (Å²) in [6, 6.07) is 13.9. The number of amides is 1. The normalized spacial score (nSPS) is 10.3. The number of methoxy groups -OCH3 is 1. The molecule has 0 saturated heterocycles. The Hall–Kier alpha value is -1.81. The minimum absolute atomic E-state index is 0.0361. The molecule has 0 aliphatic carbocycles. The second kappa shape index (κ2) is 7.99.